The molecule has 2 nitrogen and oxygen atoms in total. The highest BCUT2D eigenvalue weighted by Crippen LogP contribution is 2.41. The highest BCUT2D eigenvalue weighted by Gasteiger charge is 2.11. The number of phenolic OH excluding ortho intramolecular Hbond substituents is 2. The predicted octanol–water partition coefficient (Wildman–Crippen LogP) is 5.80. The van der Waals surface area contributed by atoms with E-state index >= 15 is 0 Å². The lowest BCUT2D eigenvalue weighted by molar-refractivity contribution is 0.475. The number of thiophene rings is 1. The van der Waals surface area contributed by atoms with Crippen molar-refractivity contribution in [3.8, 4) is 32.4 Å². The Bertz CT molecular complexity index is 746. The summed E-state index contributed by atoms with van der Waals surface area (Å²) in [7, 11) is 0. The average Bonchev–Trinajstić information content (AvgIpc) is 2.87. The van der Waals surface area contributed by atoms with E-state index in [2.05, 4.69) is 0 Å². The van der Waals surface area contributed by atoms with Crippen LogP contribution in [0.2, 0.25) is 10.0 Å². The molecule has 5 heteroatoms. The van der Waals surface area contributed by atoms with Crippen molar-refractivity contribution >= 4 is 34.5 Å². The van der Waals surface area contributed by atoms with E-state index < -0.39 is 0 Å². The Morgan fingerprint density at radius 3 is 1.48 bits per heavy atom. The van der Waals surface area contributed by atoms with Crippen molar-refractivity contribution < 1.29 is 10.2 Å². The van der Waals surface area contributed by atoms with Gasteiger partial charge in [0.05, 0.1) is 10.0 Å². The first-order chi connectivity index (χ1) is 10.0. The second-order valence-corrected chi connectivity index (χ2v) is 6.39. The standard InChI is InChI=1S/C16H10Cl2O2S/c17-13-7-9(19)1-3-11(13)15-5-6-16(21-15)12-4-2-10(20)8-14(12)18/h1-8,19-20H. The van der Waals surface area contributed by atoms with Gasteiger partial charge in [0.1, 0.15) is 11.5 Å². The van der Waals surface area contributed by atoms with Gasteiger partial charge in [0.25, 0.3) is 0 Å². The zero-order valence-corrected chi connectivity index (χ0v) is 13.0. The van der Waals surface area contributed by atoms with Gasteiger partial charge in [-0.2, -0.15) is 0 Å². The van der Waals surface area contributed by atoms with E-state index in [1.54, 1.807) is 35.6 Å². The van der Waals surface area contributed by atoms with E-state index in [0.717, 1.165) is 20.9 Å². The van der Waals surface area contributed by atoms with Gasteiger partial charge in [0, 0.05) is 20.9 Å². The lowest BCUT2D eigenvalue weighted by atomic mass is 10.1. The van der Waals surface area contributed by atoms with E-state index in [1.807, 2.05) is 12.1 Å². The summed E-state index contributed by atoms with van der Waals surface area (Å²) in [6.07, 6.45) is 0. The minimum Gasteiger partial charge on any atom is -0.508 e. The molecule has 0 unspecified atom stereocenters. The zero-order valence-electron chi connectivity index (χ0n) is 10.7. The summed E-state index contributed by atoms with van der Waals surface area (Å²) in [6.45, 7) is 0. The van der Waals surface area contributed by atoms with Gasteiger partial charge < -0.3 is 10.2 Å². The highest BCUT2D eigenvalue weighted by atomic mass is 35.5. The molecule has 0 amide bonds. The third-order valence-electron chi connectivity index (χ3n) is 3.04. The van der Waals surface area contributed by atoms with E-state index in [4.69, 9.17) is 23.2 Å². The number of hydrogen-bond donors (Lipinski definition) is 2. The molecule has 0 saturated heterocycles. The van der Waals surface area contributed by atoms with Crippen molar-refractivity contribution in [2.24, 2.45) is 0 Å². The van der Waals surface area contributed by atoms with Crippen LogP contribution >= 0.6 is 34.5 Å². The molecule has 0 aliphatic rings. The SMILES string of the molecule is Oc1ccc(-c2ccc(-c3ccc(O)cc3Cl)s2)c(Cl)c1. The van der Waals surface area contributed by atoms with Gasteiger partial charge in [-0.15, -0.1) is 11.3 Å². The summed E-state index contributed by atoms with van der Waals surface area (Å²) < 4.78 is 0. The molecule has 1 heterocycles. The molecule has 0 spiro atoms. The van der Waals surface area contributed by atoms with Crippen LogP contribution in [0.4, 0.5) is 0 Å². The van der Waals surface area contributed by atoms with Gasteiger partial charge in [-0.25, -0.2) is 0 Å². The summed E-state index contributed by atoms with van der Waals surface area (Å²) in [5.41, 5.74) is 1.72. The number of hydrogen-bond acceptors (Lipinski definition) is 3. The van der Waals surface area contributed by atoms with Crippen LogP contribution in [0.1, 0.15) is 0 Å². The molecule has 106 valence electrons. The zero-order chi connectivity index (χ0) is 15.0. The van der Waals surface area contributed by atoms with Gasteiger partial charge in [-0.1, -0.05) is 23.2 Å². The first-order valence-electron chi connectivity index (χ1n) is 6.12. The van der Waals surface area contributed by atoms with Gasteiger partial charge in [-0.3, -0.25) is 0 Å². The maximum absolute atomic E-state index is 9.41. The summed E-state index contributed by atoms with van der Waals surface area (Å²) in [5, 5.41) is 19.8. The van der Waals surface area contributed by atoms with Gasteiger partial charge in [0.15, 0.2) is 0 Å². The third kappa shape index (κ3) is 2.86. The molecule has 1 aromatic heterocycles. The van der Waals surface area contributed by atoms with Crippen molar-refractivity contribution in [3.63, 3.8) is 0 Å². The second-order valence-electron chi connectivity index (χ2n) is 4.49. The molecule has 0 aliphatic heterocycles. The fourth-order valence-electron chi connectivity index (χ4n) is 2.04. The fraction of sp³-hybridized carbons (Fsp3) is 0. The van der Waals surface area contributed by atoms with E-state index in [-0.39, 0.29) is 11.5 Å². The van der Waals surface area contributed by atoms with Crippen molar-refractivity contribution in [3.05, 3.63) is 58.6 Å². The molecule has 3 aromatic rings. The Morgan fingerprint density at radius 1 is 0.667 bits per heavy atom. The minimum atomic E-state index is 0.141. The largest absolute Gasteiger partial charge is 0.508 e. The summed E-state index contributed by atoms with van der Waals surface area (Å²) in [4.78, 5) is 1.97. The van der Waals surface area contributed by atoms with Gasteiger partial charge in [0.2, 0.25) is 0 Å². The van der Waals surface area contributed by atoms with Crippen LogP contribution in [0, 0.1) is 0 Å². The second kappa shape index (κ2) is 5.60. The van der Waals surface area contributed by atoms with Crippen molar-refractivity contribution in [1.29, 1.82) is 0 Å². The lowest BCUT2D eigenvalue weighted by Gasteiger charge is -2.03. The van der Waals surface area contributed by atoms with Crippen LogP contribution < -0.4 is 0 Å². The maximum Gasteiger partial charge on any atom is 0.117 e. The van der Waals surface area contributed by atoms with Gasteiger partial charge >= 0.3 is 0 Å². The van der Waals surface area contributed by atoms with Crippen LogP contribution in [0.3, 0.4) is 0 Å². The molecule has 0 fully saturated rings. The number of aromatic hydroxyl groups is 2. The third-order valence-corrected chi connectivity index (χ3v) is 4.82. The average molecular weight is 337 g/mol. The summed E-state index contributed by atoms with van der Waals surface area (Å²) >= 11 is 13.9. The van der Waals surface area contributed by atoms with Crippen molar-refractivity contribution in [1.82, 2.24) is 0 Å². The quantitative estimate of drug-likeness (QED) is 0.620. The molecule has 21 heavy (non-hydrogen) atoms. The smallest absolute Gasteiger partial charge is 0.117 e. The molecule has 2 N–H and O–H groups in total. The number of rotatable bonds is 2. The molecule has 0 atom stereocenters. The number of phenols is 2. The normalized spacial score (nSPS) is 10.8. The molecule has 0 aliphatic carbocycles. The Balaban J connectivity index is 2.03. The van der Waals surface area contributed by atoms with E-state index in [1.165, 1.54) is 12.1 Å². The fourth-order valence-corrected chi connectivity index (χ4v) is 3.79. The van der Waals surface area contributed by atoms with Crippen LogP contribution in [-0.4, -0.2) is 10.2 Å². The maximum atomic E-state index is 9.41. The molecule has 2 aromatic carbocycles. The number of halogens is 2. The summed E-state index contributed by atoms with van der Waals surface area (Å²) in [5.74, 6) is 0.282. The van der Waals surface area contributed by atoms with Crippen LogP contribution in [-0.2, 0) is 0 Å². The molecule has 0 saturated carbocycles. The first-order valence-corrected chi connectivity index (χ1v) is 7.69. The van der Waals surface area contributed by atoms with E-state index in [0.29, 0.717) is 10.0 Å². The molecule has 0 bridgehead atoms. The van der Waals surface area contributed by atoms with Crippen molar-refractivity contribution in [2.45, 2.75) is 0 Å². The first kappa shape index (κ1) is 14.3. The van der Waals surface area contributed by atoms with Crippen LogP contribution in [0.15, 0.2) is 48.5 Å². The van der Waals surface area contributed by atoms with Crippen molar-refractivity contribution in [2.75, 3.05) is 0 Å². The minimum absolute atomic E-state index is 0.141. The lowest BCUT2D eigenvalue weighted by Crippen LogP contribution is -1.75. The molecule has 3 rings (SSSR count). The van der Waals surface area contributed by atoms with Crippen LogP contribution in [0.25, 0.3) is 20.9 Å². The van der Waals surface area contributed by atoms with Gasteiger partial charge in [-0.05, 0) is 48.5 Å². The van der Waals surface area contributed by atoms with E-state index in [9.17, 15) is 10.2 Å². The Labute approximate surface area is 135 Å². The van der Waals surface area contributed by atoms with Crippen LogP contribution in [0.5, 0.6) is 11.5 Å². The Kier molecular flexibility index (Phi) is 3.81. The molecular weight excluding hydrogens is 327 g/mol. The Morgan fingerprint density at radius 2 is 1.10 bits per heavy atom. The molecule has 0 radical (unpaired) electrons. The predicted molar refractivity (Wildman–Crippen MR) is 88.5 cm³/mol. The molecular formula is C16H10Cl2O2S. The number of benzene rings is 2. The Hall–Kier alpha value is -1.68. The summed E-state index contributed by atoms with van der Waals surface area (Å²) in [6, 6.07) is 13.7. The topological polar surface area (TPSA) is 40.5 Å². The highest BCUT2D eigenvalue weighted by molar-refractivity contribution is 7.19. The monoisotopic (exact) mass is 336 g/mol.